The molecule has 4 rings (SSSR count). The van der Waals surface area contributed by atoms with Gasteiger partial charge in [0.1, 0.15) is 0 Å². The molecule has 0 amide bonds. The van der Waals surface area contributed by atoms with E-state index in [-0.39, 0.29) is 11.7 Å². The minimum Gasteiger partial charge on any atom is -0.317 e. The Kier molecular flexibility index (Phi) is 5.64. The van der Waals surface area contributed by atoms with Crippen LogP contribution >= 0.6 is 0 Å². The van der Waals surface area contributed by atoms with Gasteiger partial charge in [-0.1, -0.05) is 37.6 Å². The Labute approximate surface area is 150 Å². The zero-order valence-corrected chi connectivity index (χ0v) is 15.5. The third-order valence-corrected chi connectivity index (χ3v) is 5.27. The van der Waals surface area contributed by atoms with E-state index in [4.69, 9.17) is 4.98 Å². The summed E-state index contributed by atoms with van der Waals surface area (Å²) >= 11 is 0. The summed E-state index contributed by atoms with van der Waals surface area (Å²) in [6.45, 7) is 8.17. The van der Waals surface area contributed by atoms with E-state index in [0.29, 0.717) is 12.3 Å². The highest BCUT2D eigenvalue weighted by atomic mass is 16.1. The molecule has 1 unspecified atom stereocenters. The molecule has 1 atom stereocenters. The number of carbonyl (C=O) groups is 1. The van der Waals surface area contributed by atoms with Gasteiger partial charge in [-0.25, -0.2) is 0 Å². The van der Waals surface area contributed by atoms with E-state index in [2.05, 4.69) is 36.5 Å². The van der Waals surface area contributed by atoms with E-state index in [1.54, 1.807) is 0 Å². The van der Waals surface area contributed by atoms with Crippen LogP contribution in [0.5, 0.6) is 0 Å². The van der Waals surface area contributed by atoms with Crippen LogP contribution in [-0.2, 0) is 6.42 Å². The number of hydrogen-bond acceptors (Lipinski definition) is 3. The minimum absolute atomic E-state index is 0.231. The Morgan fingerprint density at radius 1 is 1.12 bits per heavy atom. The van der Waals surface area contributed by atoms with Crippen LogP contribution in [0.1, 0.15) is 65.3 Å². The average molecular weight is 336 g/mol. The normalized spacial score (nSPS) is 20.0. The number of pyridine rings is 1. The first-order valence-corrected chi connectivity index (χ1v) is 9.52. The van der Waals surface area contributed by atoms with Gasteiger partial charge < -0.3 is 5.32 Å². The maximum atomic E-state index is 12.8. The third-order valence-electron chi connectivity index (χ3n) is 5.27. The van der Waals surface area contributed by atoms with E-state index in [9.17, 15) is 4.79 Å². The summed E-state index contributed by atoms with van der Waals surface area (Å²) in [7, 11) is 0. The fourth-order valence-electron chi connectivity index (χ4n) is 4.13. The number of ketones is 1. The topological polar surface area (TPSA) is 42.0 Å². The number of aromatic nitrogens is 1. The van der Waals surface area contributed by atoms with E-state index >= 15 is 0 Å². The largest absolute Gasteiger partial charge is 0.317 e. The number of piperidine rings is 1. The molecule has 0 spiro atoms. The Morgan fingerprint density at radius 3 is 2.64 bits per heavy atom. The predicted octanol–water partition coefficient (Wildman–Crippen LogP) is 4.29. The van der Waals surface area contributed by atoms with Crippen molar-refractivity contribution in [2.75, 3.05) is 13.1 Å². The average Bonchev–Trinajstić information content (AvgIpc) is 2.78. The van der Waals surface area contributed by atoms with Crippen molar-refractivity contribution in [2.45, 2.75) is 46.0 Å². The lowest BCUT2D eigenvalue weighted by Crippen LogP contribution is -2.32. The SMILES string of the molecule is CC.Cc1ccc2c(c1)C(=O)Cc1cccnc1C2C1CCNCC1. The number of nitrogens with zero attached hydrogens (tertiary/aromatic N) is 1. The molecule has 1 aromatic carbocycles. The number of nitrogens with one attached hydrogen (secondary N) is 1. The first kappa shape index (κ1) is 17.8. The highest BCUT2D eigenvalue weighted by molar-refractivity contribution is 6.00. The van der Waals surface area contributed by atoms with Crippen molar-refractivity contribution in [3.8, 4) is 0 Å². The van der Waals surface area contributed by atoms with Gasteiger partial charge in [0.25, 0.3) is 0 Å². The van der Waals surface area contributed by atoms with Crippen LogP contribution in [0.25, 0.3) is 0 Å². The maximum Gasteiger partial charge on any atom is 0.167 e. The van der Waals surface area contributed by atoms with Gasteiger partial charge in [-0.2, -0.15) is 0 Å². The summed E-state index contributed by atoms with van der Waals surface area (Å²) in [6.07, 6.45) is 4.63. The van der Waals surface area contributed by atoms with Crippen molar-refractivity contribution >= 4 is 5.78 Å². The molecule has 0 radical (unpaired) electrons. The highest BCUT2D eigenvalue weighted by Crippen LogP contribution is 2.41. The van der Waals surface area contributed by atoms with Crippen molar-refractivity contribution in [3.05, 3.63) is 64.5 Å². The van der Waals surface area contributed by atoms with Crippen LogP contribution in [0.2, 0.25) is 0 Å². The molecule has 0 saturated carbocycles. The van der Waals surface area contributed by atoms with Crippen molar-refractivity contribution in [2.24, 2.45) is 5.92 Å². The number of hydrogen-bond donors (Lipinski definition) is 1. The monoisotopic (exact) mass is 336 g/mol. The molecule has 1 N–H and O–H groups in total. The van der Waals surface area contributed by atoms with Gasteiger partial charge in [-0.3, -0.25) is 9.78 Å². The maximum absolute atomic E-state index is 12.8. The Hall–Kier alpha value is -2.00. The first-order valence-electron chi connectivity index (χ1n) is 9.52. The zero-order chi connectivity index (χ0) is 17.8. The van der Waals surface area contributed by atoms with E-state index in [1.807, 2.05) is 26.1 Å². The predicted molar refractivity (Wildman–Crippen MR) is 102 cm³/mol. The molecule has 1 saturated heterocycles. The van der Waals surface area contributed by atoms with E-state index in [1.165, 1.54) is 5.56 Å². The molecule has 1 aliphatic heterocycles. The van der Waals surface area contributed by atoms with Gasteiger partial charge in [0, 0.05) is 24.1 Å². The molecular formula is C22H28N2O. The number of benzene rings is 1. The van der Waals surface area contributed by atoms with Gasteiger partial charge in [0.15, 0.2) is 5.78 Å². The molecule has 3 nitrogen and oxygen atoms in total. The van der Waals surface area contributed by atoms with Gasteiger partial charge in [-0.05, 0) is 62.0 Å². The van der Waals surface area contributed by atoms with E-state index < -0.39 is 0 Å². The second-order valence-corrected chi connectivity index (χ2v) is 6.80. The fraction of sp³-hybridized carbons (Fsp3) is 0.455. The van der Waals surface area contributed by atoms with E-state index in [0.717, 1.165) is 48.3 Å². The van der Waals surface area contributed by atoms with Crippen LogP contribution in [0, 0.1) is 12.8 Å². The summed E-state index contributed by atoms with van der Waals surface area (Å²) in [4.78, 5) is 17.5. The second kappa shape index (κ2) is 7.92. The van der Waals surface area contributed by atoms with Gasteiger partial charge >= 0.3 is 0 Å². The lowest BCUT2D eigenvalue weighted by Gasteiger charge is -2.31. The van der Waals surface area contributed by atoms with Crippen LogP contribution in [0.4, 0.5) is 0 Å². The molecule has 0 bridgehead atoms. The van der Waals surface area contributed by atoms with Gasteiger partial charge in [-0.15, -0.1) is 0 Å². The third kappa shape index (κ3) is 3.52. The van der Waals surface area contributed by atoms with Crippen molar-refractivity contribution in [1.29, 1.82) is 0 Å². The lowest BCUT2D eigenvalue weighted by atomic mass is 9.76. The Balaban J connectivity index is 0.000000880. The summed E-state index contributed by atoms with van der Waals surface area (Å²) in [6, 6.07) is 10.4. The standard InChI is InChI=1S/C20H22N2O.C2H6/c1-13-4-5-16-17(11-13)18(23)12-15-3-2-8-22-20(15)19(16)14-6-9-21-10-7-14;1-2/h2-5,8,11,14,19,21H,6-7,9-10,12H2,1H3;1-2H3. The molecule has 2 aliphatic rings. The minimum atomic E-state index is 0.231. The highest BCUT2D eigenvalue weighted by Gasteiger charge is 2.34. The summed E-state index contributed by atoms with van der Waals surface area (Å²) in [5.41, 5.74) is 5.47. The quantitative estimate of drug-likeness (QED) is 0.845. The van der Waals surface area contributed by atoms with Crippen LogP contribution < -0.4 is 5.32 Å². The smallest absolute Gasteiger partial charge is 0.167 e. The van der Waals surface area contributed by atoms with Crippen LogP contribution in [0.3, 0.4) is 0 Å². The number of carbonyl (C=O) groups excluding carboxylic acids is 1. The lowest BCUT2D eigenvalue weighted by molar-refractivity contribution is 0.0993. The van der Waals surface area contributed by atoms with Crippen molar-refractivity contribution < 1.29 is 4.79 Å². The summed E-state index contributed by atoms with van der Waals surface area (Å²) in [5, 5.41) is 3.45. The molecule has 1 aliphatic carbocycles. The number of Topliss-reactive ketones (excluding diaryl/α,β-unsaturated/α-hetero) is 1. The Bertz CT molecular complexity index is 747. The van der Waals surface area contributed by atoms with Gasteiger partial charge in [0.2, 0.25) is 0 Å². The molecule has 25 heavy (non-hydrogen) atoms. The second-order valence-electron chi connectivity index (χ2n) is 6.80. The molecule has 1 aromatic heterocycles. The van der Waals surface area contributed by atoms with Crippen LogP contribution in [-0.4, -0.2) is 23.9 Å². The first-order chi connectivity index (χ1) is 12.2. The summed E-state index contributed by atoms with van der Waals surface area (Å²) < 4.78 is 0. The molecule has 2 heterocycles. The van der Waals surface area contributed by atoms with Crippen molar-refractivity contribution in [1.82, 2.24) is 10.3 Å². The molecular weight excluding hydrogens is 308 g/mol. The fourth-order valence-corrected chi connectivity index (χ4v) is 4.13. The number of aryl methyl sites for hydroxylation is 1. The zero-order valence-electron chi connectivity index (χ0n) is 15.5. The van der Waals surface area contributed by atoms with Crippen molar-refractivity contribution in [3.63, 3.8) is 0 Å². The number of rotatable bonds is 1. The van der Waals surface area contributed by atoms with Crippen LogP contribution in [0.15, 0.2) is 36.5 Å². The Morgan fingerprint density at radius 2 is 1.88 bits per heavy atom. The molecule has 2 aromatic rings. The molecule has 132 valence electrons. The number of fused-ring (bicyclic) bond motifs is 2. The molecule has 1 fully saturated rings. The summed E-state index contributed by atoms with van der Waals surface area (Å²) in [5.74, 6) is 1.03. The molecule has 3 heteroatoms. The van der Waals surface area contributed by atoms with Gasteiger partial charge in [0.05, 0.1) is 5.69 Å².